The predicted octanol–water partition coefficient (Wildman–Crippen LogP) is 5.03. The Labute approximate surface area is 158 Å². The van der Waals surface area contributed by atoms with Gasteiger partial charge in [-0.25, -0.2) is 0 Å². The lowest BCUT2D eigenvalue weighted by atomic mass is 9.97. The van der Waals surface area contributed by atoms with E-state index in [2.05, 4.69) is 49.3 Å². The second-order valence-electron chi connectivity index (χ2n) is 9.18. The third-order valence-electron chi connectivity index (χ3n) is 6.75. The zero-order valence-corrected chi connectivity index (χ0v) is 17.9. The first-order chi connectivity index (χ1) is 12.0. The summed E-state index contributed by atoms with van der Waals surface area (Å²) in [5.74, 6) is 1.80. The van der Waals surface area contributed by atoms with Crippen LogP contribution in [0, 0.1) is 11.8 Å². The maximum atomic E-state index is 2.76. The molecule has 0 aliphatic carbocycles. The summed E-state index contributed by atoms with van der Waals surface area (Å²) in [6.45, 7) is 19.5. The topological polar surface area (TPSA) is 9.72 Å². The van der Waals surface area contributed by atoms with Gasteiger partial charge < -0.3 is 0 Å². The van der Waals surface area contributed by atoms with Crippen LogP contribution in [0.5, 0.6) is 0 Å². The molecule has 0 unspecified atom stereocenters. The van der Waals surface area contributed by atoms with Crippen molar-refractivity contribution in [3.63, 3.8) is 0 Å². The average molecular weight is 352 g/mol. The van der Waals surface area contributed by atoms with Crippen molar-refractivity contribution in [2.75, 3.05) is 39.5 Å². The van der Waals surface area contributed by atoms with Crippen LogP contribution in [-0.4, -0.2) is 59.8 Å². The molecule has 2 rings (SSSR count). The van der Waals surface area contributed by atoms with Crippen LogP contribution in [0.4, 0.5) is 0 Å². The first kappa shape index (κ1) is 21.2. The molecule has 0 saturated carbocycles. The van der Waals surface area contributed by atoms with E-state index in [1.54, 1.807) is 0 Å². The second-order valence-corrected chi connectivity index (χ2v) is 9.18. The fraction of sp³-hybridized carbons (Fsp3) is 1.00. The quantitative estimate of drug-likeness (QED) is 0.488. The molecule has 2 fully saturated rings. The van der Waals surface area contributed by atoms with Crippen molar-refractivity contribution in [1.29, 1.82) is 0 Å². The standard InChI is InChI=1S/C22H45N3/c1-6-10-12-20(8-3)14-23-16-22(5)17-24(19-25(22)18-23)15-21(9-4)13-11-7-2/h20-21H,6-19H2,1-5H3/t20-,21-/m1/s1. The highest BCUT2D eigenvalue weighted by molar-refractivity contribution is 5.01. The molecule has 2 saturated heterocycles. The molecule has 2 aliphatic heterocycles. The van der Waals surface area contributed by atoms with Crippen molar-refractivity contribution in [2.45, 2.75) is 91.5 Å². The molecule has 2 atom stereocenters. The van der Waals surface area contributed by atoms with Gasteiger partial charge in [0, 0.05) is 31.7 Å². The fourth-order valence-electron chi connectivity index (χ4n) is 4.99. The number of hydrogen-bond acceptors (Lipinski definition) is 3. The van der Waals surface area contributed by atoms with Crippen molar-refractivity contribution in [1.82, 2.24) is 14.7 Å². The highest BCUT2D eigenvalue weighted by atomic mass is 15.5. The van der Waals surface area contributed by atoms with Crippen molar-refractivity contribution >= 4 is 0 Å². The van der Waals surface area contributed by atoms with Gasteiger partial charge in [-0.05, 0) is 31.6 Å². The maximum Gasteiger partial charge on any atom is 0.0525 e. The minimum atomic E-state index is 0.395. The van der Waals surface area contributed by atoms with Crippen molar-refractivity contribution in [2.24, 2.45) is 11.8 Å². The average Bonchev–Trinajstić information content (AvgIpc) is 3.05. The van der Waals surface area contributed by atoms with Gasteiger partial charge in [-0.3, -0.25) is 14.7 Å². The highest BCUT2D eigenvalue weighted by Crippen LogP contribution is 2.33. The third kappa shape index (κ3) is 5.94. The molecule has 3 nitrogen and oxygen atoms in total. The summed E-state index contributed by atoms with van der Waals surface area (Å²) >= 11 is 0. The summed E-state index contributed by atoms with van der Waals surface area (Å²) in [5.41, 5.74) is 0.395. The Morgan fingerprint density at radius 1 is 0.760 bits per heavy atom. The first-order valence-corrected chi connectivity index (χ1v) is 11.2. The van der Waals surface area contributed by atoms with E-state index in [0.717, 1.165) is 11.8 Å². The Morgan fingerprint density at radius 2 is 1.20 bits per heavy atom. The van der Waals surface area contributed by atoms with Crippen LogP contribution in [-0.2, 0) is 0 Å². The van der Waals surface area contributed by atoms with Crippen molar-refractivity contribution < 1.29 is 0 Å². The number of fused-ring (bicyclic) bond motifs is 1. The van der Waals surface area contributed by atoms with Gasteiger partial charge in [0.25, 0.3) is 0 Å². The minimum Gasteiger partial charge on any atom is -0.288 e. The Hall–Kier alpha value is -0.120. The molecule has 0 aromatic carbocycles. The Morgan fingerprint density at radius 3 is 1.52 bits per heavy atom. The Balaban J connectivity index is 1.79. The number of hydrogen-bond donors (Lipinski definition) is 0. The van der Waals surface area contributed by atoms with E-state index in [1.807, 2.05) is 0 Å². The molecule has 0 aromatic heterocycles. The normalized spacial score (nSPS) is 23.9. The molecule has 0 spiro atoms. The number of nitrogens with zero attached hydrogens (tertiary/aromatic N) is 3. The second kappa shape index (κ2) is 10.3. The van der Waals surface area contributed by atoms with Gasteiger partial charge in [0.2, 0.25) is 0 Å². The summed E-state index contributed by atoms with van der Waals surface area (Å²) in [6, 6.07) is 0. The van der Waals surface area contributed by atoms with Gasteiger partial charge in [-0.1, -0.05) is 66.2 Å². The lowest BCUT2D eigenvalue weighted by Crippen LogP contribution is -2.41. The van der Waals surface area contributed by atoms with Crippen molar-refractivity contribution in [3.05, 3.63) is 0 Å². The SMILES string of the molecule is CCCC[C@@H](CC)CN1CN2CN(C[C@H](CC)CCCC)CC2(C)C1. The van der Waals surface area contributed by atoms with Crippen LogP contribution in [0.15, 0.2) is 0 Å². The third-order valence-corrected chi connectivity index (χ3v) is 6.75. The van der Waals surface area contributed by atoms with E-state index < -0.39 is 0 Å². The molecule has 0 N–H and O–H groups in total. The number of rotatable bonds is 12. The molecule has 3 heteroatoms. The molecule has 2 heterocycles. The van der Waals surface area contributed by atoms with Crippen LogP contribution in [0.3, 0.4) is 0 Å². The van der Waals surface area contributed by atoms with E-state index in [4.69, 9.17) is 0 Å². The Bertz CT molecular complexity index is 340. The smallest absolute Gasteiger partial charge is 0.0525 e. The van der Waals surface area contributed by atoms with E-state index in [-0.39, 0.29) is 0 Å². The monoisotopic (exact) mass is 351 g/mol. The molecule has 0 radical (unpaired) electrons. The molecular weight excluding hydrogens is 306 g/mol. The van der Waals surface area contributed by atoms with Crippen LogP contribution in [0.25, 0.3) is 0 Å². The summed E-state index contributed by atoms with van der Waals surface area (Å²) in [7, 11) is 0. The van der Waals surface area contributed by atoms with Gasteiger partial charge in [0.15, 0.2) is 0 Å². The molecule has 0 bridgehead atoms. The van der Waals surface area contributed by atoms with E-state index in [1.165, 1.54) is 90.9 Å². The van der Waals surface area contributed by atoms with Crippen LogP contribution in [0.2, 0.25) is 0 Å². The summed E-state index contributed by atoms with van der Waals surface area (Å²) in [4.78, 5) is 8.25. The fourth-order valence-corrected chi connectivity index (χ4v) is 4.99. The lowest BCUT2D eigenvalue weighted by Gasteiger charge is -2.28. The Kier molecular flexibility index (Phi) is 8.71. The van der Waals surface area contributed by atoms with Crippen LogP contribution < -0.4 is 0 Å². The summed E-state index contributed by atoms with van der Waals surface area (Å²) in [6.07, 6.45) is 11.0. The van der Waals surface area contributed by atoms with Gasteiger partial charge in [-0.2, -0.15) is 0 Å². The van der Waals surface area contributed by atoms with E-state index in [0.29, 0.717) is 5.54 Å². The van der Waals surface area contributed by atoms with Gasteiger partial charge >= 0.3 is 0 Å². The minimum absolute atomic E-state index is 0.395. The molecular formula is C22H45N3. The molecule has 148 valence electrons. The van der Waals surface area contributed by atoms with Gasteiger partial charge in [0.1, 0.15) is 0 Å². The predicted molar refractivity (Wildman–Crippen MR) is 110 cm³/mol. The zero-order chi connectivity index (χ0) is 18.3. The molecule has 0 amide bonds. The molecule has 25 heavy (non-hydrogen) atoms. The zero-order valence-electron chi connectivity index (χ0n) is 17.9. The largest absolute Gasteiger partial charge is 0.288 e. The highest BCUT2D eigenvalue weighted by Gasteiger charge is 2.47. The molecule has 0 aromatic rings. The maximum absolute atomic E-state index is 2.76. The van der Waals surface area contributed by atoms with Crippen molar-refractivity contribution in [3.8, 4) is 0 Å². The first-order valence-electron chi connectivity index (χ1n) is 11.2. The molecule has 2 aliphatic rings. The van der Waals surface area contributed by atoms with Crippen LogP contribution >= 0.6 is 0 Å². The van der Waals surface area contributed by atoms with Gasteiger partial charge in [-0.15, -0.1) is 0 Å². The van der Waals surface area contributed by atoms with E-state index >= 15 is 0 Å². The van der Waals surface area contributed by atoms with Crippen LogP contribution in [0.1, 0.15) is 86.0 Å². The summed E-state index contributed by atoms with van der Waals surface area (Å²) in [5, 5.41) is 0. The van der Waals surface area contributed by atoms with Gasteiger partial charge in [0.05, 0.1) is 13.3 Å². The summed E-state index contributed by atoms with van der Waals surface area (Å²) < 4.78 is 0. The number of unbranched alkanes of at least 4 members (excludes halogenated alkanes) is 2. The lowest BCUT2D eigenvalue weighted by molar-refractivity contribution is 0.161. The van der Waals surface area contributed by atoms with E-state index in [9.17, 15) is 0 Å².